The number of nitrogens with zero attached hydrogens (tertiary/aromatic N) is 4. The van der Waals surface area contributed by atoms with Crippen LogP contribution in [0.5, 0.6) is 11.5 Å². The molecular formula is C50H38N4OPt. The third kappa shape index (κ3) is 3.85. The molecule has 0 N–H and O–H groups in total. The number of hydrogen-bond acceptors (Lipinski definition) is 5. The average Bonchev–Trinajstić information content (AvgIpc) is 3.99. The Morgan fingerprint density at radius 3 is 1.25 bits per heavy atom. The number of hydrogen-bond donors (Lipinski definition) is 0. The fraction of sp³-hybridized carbons (Fsp3) is 0.160. The number of ether oxygens (including phenoxy) is 1. The van der Waals surface area contributed by atoms with Gasteiger partial charge in [-0.05, 0) is 0 Å². The molecule has 2 atom stereocenters. The summed E-state index contributed by atoms with van der Waals surface area (Å²) < 4.78 is 9.89. The summed E-state index contributed by atoms with van der Waals surface area (Å²) >= 11 is -0.794. The number of benzene rings is 6. The van der Waals surface area contributed by atoms with Gasteiger partial charge in [0.05, 0.1) is 0 Å². The molecule has 0 amide bonds. The van der Waals surface area contributed by atoms with E-state index in [-0.39, 0.29) is 0 Å². The first-order valence-electron chi connectivity index (χ1n) is 19.9. The first kappa shape index (κ1) is 31.4. The van der Waals surface area contributed by atoms with Crippen LogP contribution in [0.3, 0.4) is 0 Å². The molecule has 0 radical (unpaired) electrons. The van der Waals surface area contributed by atoms with Crippen molar-refractivity contribution >= 4 is 8.29 Å². The third-order valence-electron chi connectivity index (χ3n) is 13.4. The molecule has 4 aliphatic heterocycles. The summed E-state index contributed by atoms with van der Waals surface area (Å²) in [7, 11) is 0. The van der Waals surface area contributed by atoms with Crippen LogP contribution in [0.2, 0.25) is 0 Å². The molecule has 2 unspecified atom stereocenters. The van der Waals surface area contributed by atoms with Crippen molar-refractivity contribution in [1.29, 1.82) is 0 Å². The molecule has 13 rings (SSSR count). The molecule has 6 aromatic carbocycles. The molecule has 0 aromatic heterocycles. The first-order chi connectivity index (χ1) is 27.8. The predicted octanol–water partition coefficient (Wildman–Crippen LogP) is 9.80. The molecule has 56 heavy (non-hydrogen) atoms. The summed E-state index contributed by atoms with van der Waals surface area (Å²) in [5.41, 5.74) is 11.7. The normalized spacial score (nSPS) is 22.1. The van der Waals surface area contributed by atoms with E-state index in [1.165, 1.54) is 89.6 Å². The van der Waals surface area contributed by atoms with E-state index < -0.39 is 28.7 Å². The van der Waals surface area contributed by atoms with Gasteiger partial charge in [-0.3, -0.25) is 0 Å². The fourth-order valence-electron chi connectivity index (χ4n) is 11.2. The van der Waals surface area contributed by atoms with Crippen LogP contribution in [0, 0.1) is 0 Å². The van der Waals surface area contributed by atoms with Crippen molar-refractivity contribution in [3.8, 4) is 33.8 Å². The van der Waals surface area contributed by atoms with Gasteiger partial charge in [0.2, 0.25) is 0 Å². The average molecular weight is 906 g/mol. The van der Waals surface area contributed by atoms with Gasteiger partial charge in [-0.1, -0.05) is 0 Å². The third-order valence-corrected chi connectivity index (χ3v) is 16.7. The van der Waals surface area contributed by atoms with E-state index >= 15 is 0 Å². The Labute approximate surface area is 334 Å². The topological polar surface area (TPSA) is 22.2 Å². The standard InChI is InChI=1S/C50H38N4O.Pt/c1-5-21-43-39(17-1)40-18-2-6-22-44(40)49(43)35-13-11-15-37(31-35)55-38-16-12-14-36(32-38)50(45-23-7-3-19-41(45)42-20-4-8-24-46(42)50)54-30-28-52(34-54)48-26-10-9-25-47(48)51-27-29-53(49)33-51;/h1-8,11-24,27-32,47-48H,9-10,25-26H2;. The van der Waals surface area contributed by atoms with E-state index in [0.29, 0.717) is 12.1 Å². The van der Waals surface area contributed by atoms with Crippen LogP contribution >= 0.6 is 0 Å². The second kappa shape index (κ2) is 11.4. The Morgan fingerprint density at radius 1 is 0.446 bits per heavy atom. The molecule has 6 bridgehead atoms. The van der Waals surface area contributed by atoms with Gasteiger partial charge in [0.25, 0.3) is 0 Å². The van der Waals surface area contributed by atoms with Crippen LogP contribution in [0.25, 0.3) is 22.3 Å². The van der Waals surface area contributed by atoms with Gasteiger partial charge in [0, 0.05) is 0 Å². The van der Waals surface area contributed by atoms with Crippen molar-refractivity contribution in [1.82, 2.24) is 19.6 Å². The Bertz CT molecular complexity index is 2540. The second-order valence-electron chi connectivity index (χ2n) is 15.9. The van der Waals surface area contributed by atoms with E-state index in [4.69, 9.17) is 4.74 Å². The second-order valence-corrected chi connectivity index (χ2v) is 18.5. The van der Waals surface area contributed by atoms with Crippen molar-refractivity contribution in [3.05, 3.63) is 204 Å². The molecule has 4 heterocycles. The van der Waals surface area contributed by atoms with Crippen LogP contribution in [0.1, 0.15) is 59.1 Å². The zero-order valence-electron chi connectivity index (χ0n) is 30.7. The molecule has 5 nitrogen and oxygen atoms in total. The van der Waals surface area contributed by atoms with Gasteiger partial charge in [0.1, 0.15) is 0 Å². The van der Waals surface area contributed by atoms with Crippen molar-refractivity contribution in [2.45, 2.75) is 48.8 Å². The van der Waals surface area contributed by atoms with Gasteiger partial charge in [-0.25, -0.2) is 0 Å². The Kier molecular flexibility index (Phi) is 6.40. The summed E-state index contributed by atoms with van der Waals surface area (Å²) in [5, 5.41) is 0. The minimum atomic E-state index is -0.794. The van der Waals surface area contributed by atoms with Gasteiger partial charge in [-0.15, -0.1) is 0 Å². The summed E-state index contributed by atoms with van der Waals surface area (Å²) in [5.74, 6) is 1.68. The predicted molar refractivity (Wildman–Crippen MR) is 218 cm³/mol. The summed E-state index contributed by atoms with van der Waals surface area (Å²) in [6.45, 7) is 0. The van der Waals surface area contributed by atoms with E-state index in [2.05, 4.69) is 190 Å². The van der Waals surface area contributed by atoms with Crippen LogP contribution in [0.4, 0.5) is 0 Å². The van der Waals surface area contributed by atoms with E-state index in [9.17, 15) is 0 Å². The maximum absolute atomic E-state index is 7.02. The Balaban J connectivity index is 1.19. The molecular weight excluding hydrogens is 868 g/mol. The number of rotatable bonds is 0. The molecule has 6 heteroatoms. The van der Waals surface area contributed by atoms with E-state index in [1.807, 2.05) is 0 Å². The van der Waals surface area contributed by atoms with Crippen LogP contribution in [-0.2, 0) is 28.7 Å². The summed E-state index contributed by atoms with van der Waals surface area (Å²) in [6, 6.07) is 55.1. The zero-order chi connectivity index (χ0) is 36.6. The molecule has 2 spiro atoms. The van der Waals surface area contributed by atoms with Crippen molar-refractivity contribution in [3.63, 3.8) is 0 Å². The zero-order valence-corrected chi connectivity index (χ0v) is 32.9. The van der Waals surface area contributed by atoms with Crippen molar-refractivity contribution in [2.24, 2.45) is 0 Å². The molecule has 0 saturated heterocycles. The van der Waals surface area contributed by atoms with E-state index in [0.717, 1.165) is 11.5 Å². The van der Waals surface area contributed by atoms with Gasteiger partial charge in [-0.2, -0.15) is 0 Å². The molecule has 6 aromatic rings. The minimum absolute atomic E-state index is 0.374. The molecule has 1 fully saturated rings. The fourth-order valence-corrected chi connectivity index (χ4v) is 15.0. The van der Waals surface area contributed by atoms with Gasteiger partial charge in [0.15, 0.2) is 0 Å². The van der Waals surface area contributed by atoms with Crippen molar-refractivity contribution < 1.29 is 22.4 Å². The summed E-state index contributed by atoms with van der Waals surface area (Å²) in [6.07, 6.45) is 14.6. The Hall–Kier alpha value is -5.77. The van der Waals surface area contributed by atoms with Crippen LogP contribution in [0.15, 0.2) is 170 Å². The monoisotopic (exact) mass is 905 g/mol. The summed E-state index contributed by atoms with van der Waals surface area (Å²) in [4.78, 5) is 10.9. The van der Waals surface area contributed by atoms with E-state index in [1.54, 1.807) is 0 Å². The molecule has 1 saturated carbocycles. The van der Waals surface area contributed by atoms with Crippen molar-refractivity contribution in [2.75, 3.05) is 0 Å². The van der Waals surface area contributed by atoms with Gasteiger partial charge >= 0.3 is 337 Å². The molecule has 3 aliphatic carbocycles. The first-order valence-corrected chi connectivity index (χ1v) is 22.2. The maximum atomic E-state index is 7.02. The quantitative estimate of drug-likeness (QED) is 0.151. The van der Waals surface area contributed by atoms with Crippen LogP contribution < -0.4 is 4.74 Å². The Morgan fingerprint density at radius 2 is 0.839 bits per heavy atom. The number of fused-ring (bicyclic) bond motifs is 21. The SMILES string of the molecule is C1=CN2[C]3=[Pt]=[C]4N(C=CN4C4(c5cccc(c5)Oc5cccc(c5)C25c2ccccc2-c2ccccc25)c2ccccc2-c2ccccc24)C2CCCCC2N13. The van der Waals surface area contributed by atoms with Gasteiger partial charge < -0.3 is 0 Å². The van der Waals surface area contributed by atoms with Crippen LogP contribution in [-0.4, -0.2) is 40.0 Å². The molecule has 7 aliphatic rings. The molecule has 274 valence electrons.